The molecule has 2 aliphatic rings. The molecule has 2 heterocycles. The topological polar surface area (TPSA) is 154 Å². The summed E-state index contributed by atoms with van der Waals surface area (Å²) in [6.45, 7) is 5.42. The predicted molar refractivity (Wildman–Crippen MR) is 158 cm³/mol. The number of amides is 2. The molecule has 4 N–H and O–H groups in total. The molecule has 1 fully saturated rings. The third-order valence-electron chi connectivity index (χ3n) is 7.86. The summed E-state index contributed by atoms with van der Waals surface area (Å²) in [6.07, 6.45) is 3.19. The van der Waals surface area contributed by atoms with Gasteiger partial charge in [-0.15, -0.1) is 12.4 Å². The van der Waals surface area contributed by atoms with Gasteiger partial charge in [-0.25, -0.2) is 0 Å². The second kappa shape index (κ2) is 13.4. The number of carbonyl (C=O) groups is 2. The van der Waals surface area contributed by atoms with E-state index < -0.39 is 28.1 Å². The number of non-ortho nitro benzene ring substituents is 1. The summed E-state index contributed by atoms with van der Waals surface area (Å²) in [5.41, 5.74) is 8.91. The summed E-state index contributed by atoms with van der Waals surface area (Å²) in [4.78, 5) is 38.5. The smallest absolute Gasteiger partial charge is 0.269 e. The van der Waals surface area contributed by atoms with Crippen molar-refractivity contribution in [1.82, 2.24) is 15.5 Å². The average molecular weight is 579 g/mol. The van der Waals surface area contributed by atoms with Crippen molar-refractivity contribution in [1.29, 1.82) is 5.26 Å². The molecule has 0 aromatic heterocycles. The Morgan fingerprint density at radius 1 is 1.17 bits per heavy atom. The van der Waals surface area contributed by atoms with Gasteiger partial charge in [-0.3, -0.25) is 19.7 Å². The van der Waals surface area contributed by atoms with Gasteiger partial charge in [-0.1, -0.05) is 48.5 Å². The van der Waals surface area contributed by atoms with Gasteiger partial charge in [0, 0.05) is 61.2 Å². The maximum absolute atomic E-state index is 13.4. The summed E-state index contributed by atoms with van der Waals surface area (Å²) in [7, 11) is 0. The highest BCUT2D eigenvalue weighted by Gasteiger charge is 2.37. The van der Waals surface area contributed by atoms with Crippen LogP contribution in [-0.4, -0.2) is 47.8 Å². The van der Waals surface area contributed by atoms with Crippen LogP contribution >= 0.6 is 12.4 Å². The number of nitrogens with zero attached hydrogens (tertiary/aromatic N) is 3. The van der Waals surface area contributed by atoms with Gasteiger partial charge in [0.1, 0.15) is 0 Å². The van der Waals surface area contributed by atoms with Gasteiger partial charge in [-0.05, 0) is 37.8 Å². The number of rotatable bonds is 9. The van der Waals surface area contributed by atoms with Gasteiger partial charge in [0.05, 0.1) is 22.3 Å². The molecule has 11 heteroatoms. The van der Waals surface area contributed by atoms with E-state index >= 15 is 0 Å². The quantitative estimate of drug-likeness (QED) is 0.303. The van der Waals surface area contributed by atoms with Crippen LogP contribution in [0.5, 0.6) is 0 Å². The Morgan fingerprint density at radius 3 is 2.37 bits per heavy atom. The lowest BCUT2D eigenvalue weighted by Gasteiger charge is -2.38. The number of primary amides is 1. The van der Waals surface area contributed by atoms with Gasteiger partial charge in [-0.2, -0.15) is 5.26 Å². The zero-order valence-corrected chi connectivity index (χ0v) is 23.9. The molecular weight excluding hydrogens is 544 g/mol. The molecule has 2 amide bonds. The first-order valence-electron chi connectivity index (χ1n) is 13.3. The van der Waals surface area contributed by atoms with E-state index in [1.54, 1.807) is 19.1 Å². The Hall–Kier alpha value is -4.20. The van der Waals surface area contributed by atoms with E-state index in [-0.39, 0.29) is 30.5 Å². The van der Waals surface area contributed by atoms with Gasteiger partial charge < -0.3 is 21.3 Å². The Kier molecular flexibility index (Phi) is 10.3. The Labute approximate surface area is 245 Å². The van der Waals surface area contributed by atoms with Crippen LogP contribution in [0.3, 0.4) is 0 Å². The summed E-state index contributed by atoms with van der Waals surface area (Å²) in [6, 6.07) is 18.4. The first-order chi connectivity index (χ1) is 19.1. The van der Waals surface area contributed by atoms with Crippen molar-refractivity contribution in [2.75, 3.05) is 26.2 Å². The molecule has 1 saturated heterocycles. The molecule has 41 heavy (non-hydrogen) atoms. The maximum atomic E-state index is 13.4. The lowest BCUT2D eigenvalue weighted by Crippen LogP contribution is -2.48. The number of nitrogens with two attached hydrogens (primary N) is 1. The van der Waals surface area contributed by atoms with E-state index in [4.69, 9.17) is 5.73 Å². The van der Waals surface area contributed by atoms with Crippen molar-refractivity contribution in [2.45, 2.75) is 38.0 Å². The first kappa shape index (κ1) is 31.3. The van der Waals surface area contributed by atoms with Crippen molar-refractivity contribution in [3.05, 3.63) is 98.9 Å². The van der Waals surface area contributed by atoms with Crippen molar-refractivity contribution >= 4 is 29.9 Å². The van der Waals surface area contributed by atoms with Crippen LogP contribution in [0, 0.1) is 27.4 Å². The second-order valence-corrected chi connectivity index (χ2v) is 10.5. The highest BCUT2D eigenvalue weighted by molar-refractivity contribution is 5.96. The van der Waals surface area contributed by atoms with Crippen molar-refractivity contribution in [3.63, 3.8) is 0 Å². The zero-order valence-electron chi connectivity index (χ0n) is 23.1. The number of allylic oxidation sites excluding steroid dienone is 3. The van der Waals surface area contributed by atoms with E-state index in [0.29, 0.717) is 43.7 Å². The minimum absolute atomic E-state index is 0. The van der Waals surface area contributed by atoms with Crippen LogP contribution in [0.25, 0.3) is 0 Å². The van der Waals surface area contributed by atoms with Gasteiger partial charge in [0.25, 0.3) is 5.69 Å². The lowest BCUT2D eigenvalue weighted by atomic mass is 9.74. The highest BCUT2D eigenvalue weighted by atomic mass is 35.5. The summed E-state index contributed by atoms with van der Waals surface area (Å²) in [5, 5.41) is 27.1. The van der Waals surface area contributed by atoms with Crippen LogP contribution < -0.4 is 16.4 Å². The molecule has 4 rings (SSSR count). The normalized spacial score (nSPS) is 19.0. The summed E-state index contributed by atoms with van der Waals surface area (Å²) in [5.74, 6) is -1.86. The minimum atomic E-state index is -0.609. The largest absolute Gasteiger partial charge is 0.369 e. The lowest BCUT2D eigenvalue weighted by molar-refractivity contribution is -0.384. The molecule has 0 spiro atoms. The van der Waals surface area contributed by atoms with Crippen molar-refractivity contribution in [3.8, 4) is 6.07 Å². The number of dihydropyridines is 1. The van der Waals surface area contributed by atoms with Crippen LogP contribution in [0.1, 0.15) is 43.7 Å². The third-order valence-corrected chi connectivity index (χ3v) is 7.86. The zero-order chi connectivity index (χ0) is 28.9. The number of carbonyl (C=O) groups excluding carboxylic acids is 2. The molecule has 0 radical (unpaired) electrons. The fraction of sp³-hybridized carbons (Fsp3) is 0.367. The molecular formula is C30H35ClN6O4. The number of halogens is 1. The average Bonchev–Trinajstić information content (AvgIpc) is 2.95. The van der Waals surface area contributed by atoms with Crippen LogP contribution in [0.2, 0.25) is 0 Å². The van der Waals surface area contributed by atoms with Crippen molar-refractivity contribution in [2.24, 2.45) is 11.7 Å². The number of benzene rings is 2. The molecule has 0 aliphatic carbocycles. The standard InChI is InChI=1S/C30H34N6O4.ClH/c1-20-16-26(22-8-10-25(11-9-22)36(39)40)27(21(2)34-20)29(38)33-17-23(28(32)37)18-35-14-12-30(19-31,13-15-35)24-6-4-3-5-7-24;/h3-11,16,23,26,34H,12-15,17-18H2,1-2H3,(H2,32,37)(H,33,38);1H. The molecule has 0 saturated carbocycles. The van der Waals surface area contributed by atoms with E-state index in [1.165, 1.54) is 12.1 Å². The summed E-state index contributed by atoms with van der Waals surface area (Å²) < 4.78 is 0. The van der Waals surface area contributed by atoms with Gasteiger partial charge in [0.15, 0.2) is 0 Å². The number of hydrogen-bond acceptors (Lipinski definition) is 7. The fourth-order valence-electron chi connectivity index (χ4n) is 5.57. The Morgan fingerprint density at radius 2 is 1.80 bits per heavy atom. The SMILES string of the molecule is CC1=CC(c2ccc([N+](=O)[O-])cc2)C(C(=O)NCC(CN2CCC(C#N)(c3ccccc3)CC2)C(N)=O)=C(C)N1.Cl. The van der Waals surface area contributed by atoms with Gasteiger partial charge >= 0.3 is 0 Å². The minimum Gasteiger partial charge on any atom is -0.369 e. The van der Waals surface area contributed by atoms with Crippen LogP contribution in [0.4, 0.5) is 5.69 Å². The number of nitrogens with one attached hydrogen (secondary N) is 2. The first-order valence-corrected chi connectivity index (χ1v) is 13.3. The van der Waals surface area contributed by atoms with Crippen LogP contribution in [-0.2, 0) is 15.0 Å². The van der Waals surface area contributed by atoms with E-state index in [9.17, 15) is 25.0 Å². The molecule has 2 aromatic rings. The van der Waals surface area contributed by atoms with Crippen LogP contribution in [0.15, 0.2) is 77.6 Å². The molecule has 2 aliphatic heterocycles. The molecule has 2 atom stereocenters. The van der Waals surface area contributed by atoms with E-state index in [0.717, 1.165) is 16.8 Å². The van der Waals surface area contributed by atoms with E-state index in [1.807, 2.05) is 43.3 Å². The molecule has 2 unspecified atom stereocenters. The molecule has 2 aromatic carbocycles. The number of nitro benzene ring substituents is 1. The Balaban J connectivity index is 0.00000462. The molecule has 216 valence electrons. The number of nitriles is 1. The van der Waals surface area contributed by atoms with E-state index in [2.05, 4.69) is 21.6 Å². The number of piperidine rings is 1. The van der Waals surface area contributed by atoms with Crippen molar-refractivity contribution < 1.29 is 14.5 Å². The maximum Gasteiger partial charge on any atom is 0.269 e. The monoisotopic (exact) mass is 578 g/mol. The predicted octanol–water partition coefficient (Wildman–Crippen LogP) is 3.66. The fourth-order valence-corrected chi connectivity index (χ4v) is 5.57. The number of likely N-dealkylation sites (tertiary alicyclic amines) is 1. The third kappa shape index (κ3) is 7.12. The van der Waals surface area contributed by atoms with Gasteiger partial charge in [0.2, 0.25) is 11.8 Å². The second-order valence-electron chi connectivity index (χ2n) is 10.5. The summed E-state index contributed by atoms with van der Waals surface area (Å²) >= 11 is 0. The highest BCUT2D eigenvalue weighted by Crippen LogP contribution is 2.35. The molecule has 10 nitrogen and oxygen atoms in total. The molecule has 0 bridgehead atoms. The Bertz CT molecular complexity index is 1380. The number of hydrogen-bond donors (Lipinski definition) is 3. The number of nitro groups is 1.